The molecule has 6 nitrogen and oxygen atoms in total. The molecule has 3 aliphatic rings. The topological polar surface area (TPSA) is 93.1 Å². The number of aromatic hydroxyl groups is 1. The van der Waals surface area contributed by atoms with Gasteiger partial charge in [-0.1, -0.05) is 78.9 Å². The highest BCUT2D eigenvalue weighted by atomic mass is 16.5. The Morgan fingerprint density at radius 1 is 0.875 bits per heavy atom. The monoisotopic (exact) mass is 638 g/mol. The first-order valence-corrected chi connectivity index (χ1v) is 16.8. The van der Waals surface area contributed by atoms with Crippen molar-refractivity contribution < 1.29 is 29.1 Å². The standard InChI is InChI=1S/C41H39BO6/c1-25-19-27(20-26(2)39(25)43)21-29(28-11-5-3-6-12-28)17-18-36-37-30(24-47-31-13-7-4-8-14-31)22-34-38(35(37)23-42(46)48-36)41(45)33-16-10-9-15-32(33)40(34)44/h3-16,19-21,34-36,38,43,46H,17-18,22-24H2,1-2H3/b29-21-/t34-,35+,36-,38-/m1/s1. The van der Waals surface area contributed by atoms with Crippen LogP contribution in [0.25, 0.3) is 11.6 Å². The lowest BCUT2D eigenvalue weighted by molar-refractivity contribution is 0.0593. The molecule has 0 radical (unpaired) electrons. The maximum absolute atomic E-state index is 14.1. The van der Waals surface area contributed by atoms with Crippen molar-refractivity contribution in [1.29, 1.82) is 0 Å². The van der Waals surface area contributed by atoms with Gasteiger partial charge in [0.25, 0.3) is 0 Å². The van der Waals surface area contributed by atoms with Crippen molar-refractivity contribution in [3.05, 3.63) is 142 Å². The van der Waals surface area contributed by atoms with E-state index in [1.165, 1.54) is 0 Å². The second-order valence-corrected chi connectivity index (χ2v) is 13.3. The molecule has 2 aliphatic carbocycles. The average Bonchev–Trinajstić information content (AvgIpc) is 3.10. The summed E-state index contributed by atoms with van der Waals surface area (Å²) in [6.07, 6.45) is 3.53. The normalized spacial score (nSPS) is 22.2. The highest BCUT2D eigenvalue weighted by molar-refractivity contribution is 6.43. The minimum absolute atomic E-state index is 0.0159. The van der Waals surface area contributed by atoms with Crippen molar-refractivity contribution in [1.82, 2.24) is 0 Å². The van der Waals surface area contributed by atoms with Gasteiger partial charge in [-0.2, -0.15) is 0 Å². The Kier molecular flexibility index (Phi) is 8.91. The zero-order valence-electron chi connectivity index (χ0n) is 27.3. The predicted molar refractivity (Wildman–Crippen MR) is 188 cm³/mol. The zero-order chi connectivity index (χ0) is 33.4. The molecule has 0 aromatic heterocycles. The molecule has 1 fully saturated rings. The molecule has 7 heteroatoms. The number of fused-ring (bicyclic) bond motifs is 4. The van der Waals surface area contributed by atoms with Crippen LogP contribution < -0.4 is 4.74 Å². The fourth-order valence-corrected chi connectivity index (χ4v) is 8.00. The number of phenols is 1. The highest BCUT2D eigenvalue weighted by Crippen LogP contribution is 2.51. The van der Waals surface area contributed by atoms with Crippen LogP contribution in [0, 0.1) is 31.6 Å². The lowest BCUT2D eigenvalue weighted by atomic mass is 9.54. The van der Waals surface area contributed by atoms with E-state index in [2.05, 4.69) is 18.2 Å². The minimum Gasteiger partial charge on any atom is -0.507 e. The quantitative estimate of drug-likeness (QED) is 0.116. The number of aryl methyl sites for hydroxylation is 2. The number of rotatable bonds is 8. The summed E-state index contributed by atoms with van der Waals surface area (Å²) in [5.41, 5.74) is 7.70. The predicted octanol–water partition coefficient (Wildman–Crippen LogP) is 7.92. The van der Waals surface area contributed by atoms with Gasteiger partial charge in [-0.15, -0.1) is 0 Å². The second kappa shape index (κ2) is 13.4. The summed E-state index contributed by atoms with van der Waals surface area (Å²) in [6.45, 7) is 4.07. The number of hydrogen-bond donors (Lipinski definition) is 2. The molecule has 1 saturated heterocycles. The second-order valence-electron chi connectivity index (χ2n) is 13.3. The maximum atomic E-state index is 14.1. The van der Waals surface area contributed by atoms with Crippen LogP contribution in [-0.2, 0) is 4.65 Å². The van der Waals surface area contributed by atoms with Crippen LogP contribution in [0.2, 0.25) is 6.32 Å². The molecular formula is C41H39BO6. The zero-order valence-corrected chi connectivity index (χ0v) is 27.3. The summed E-state index contributed by atoms with van der Waals surface area (Å²) in [5.74, 6) is -0.436. The fourth-order valence-electron chi connectivity index (χ4n) is 8.00. The van der Waals surface area contributed by atoms with E-state index in [0.717, 1.165) is 44.7 Å². The van der Waals surface area contributed by atoms with E-state index < -0.39 is 25.1 Å². The first-order chi connectivity index (χ1) is 23.3. The van der Waals surface area contributed by atoms with Gasteiger partial charge in [0.1, 0.15) is 18.1 Å². The summed E-state index contributed by atoms with van der Waals surface area (Å²) in [6, 6.07) is 30.8. The van der Waals surface area contributed by atoms with Crippen LogP contribution in [0.3, 0.4) is 0 Å². The Hall–Kier alpha value is -4.72. The van der Waals surface area contributed by atoms with E-state index in [4.69, 9.17) is 9.39 Å². The Balaban J connectivity index is 1.27. The van der Waals surface area contributed by atoms with E-state index in [1.807, 2.05) is 74.5 Å². The molecule has 7 rings (SSSR count). The molecule has 0 bridgehead atoms. The summed E-state index contributed by atoms with van der Waals surface area (Å²) >= 11 is 0. The largest absolute Gasteiger partial charge is 0.507 e. The van der Waals surface area contributed by atoms with Crippen LogP contribution in [-0.4, -0.2) is 41.5 Å². The van der Waals surface area contributed by atoms with Crippen LogP contribution in [0.5, 0.6) is 11.5 Å². The molecular weight excluding hydrogens is 599 g/mol. The van der Waals surface area contributed by atoms with Crippen molar-refractivity contribution in [2.24, 2.45) is 17.8 Å². The van der Waals surface area contributed by atoms with Gasteiger partial charge in [0, 0.05) is 23.0 Å². The van der Waals surface area contributed by atoms with Gasteiger partial charge >= 0.3 is 7.12 Å². The number of Topliss-reactive ketones (excluding diaryl/α,β-unsaturated/α-hetero) is 2. The van der Waals surface area contributed by atoms with E-state index in [1.54, 1.807) is 24.3 Å². The van der Waals surface area contributed by atoms with Crippen molar-refractivity contribution >= 4 is 30.3 Å². The van der Waals surface area contributed by atoms with Crippen LogP contribution in [0.4, 0.5) is 0 Å². The number of hydrogen-bond acceptors (Lipinski definition) is 6. The number of para-hydroxylation sites is 1. The molecule has 0 amide bonds. The van der Waals surface area contributed by atoms with E-state index in [0.29, 0.717) is 36.1 Å². The van der Waals surface area contributed by atoms with Crippen LogP contribution >= 0.6 is 0 Å². The number of benzene rings is 4. The molecule has 1 aliphatic heterocycles. The fraction of sp³-hybridized carbons (Fsp3) is 0.268. The summed E-state index contributed by atoms with van der Waals surface area (Å²) in [4.78, 5) is 28.1. The number of ether oxygens (including phenoxy) is 1. The molecule has 0 unspecified atom stereocenters. The maximum Gasteiger partial charge on any atom is 0.455 e. The van der Waals surface area contributed by atoms with Gasteiger partial charge in [0.15, 0.2) is 11.6 Å². The van der Waals surface area contributed by atoms with Gasteiger partial charge in [0.05, 0.1) is 6.10 Å². The number of carbonyl (C=O) groups excluding carboxylic acids is 2. The SMILES string of the molecule is Cc1cc(/C=C(/CC[C@H]2OB(O)C[C@H]3C2=C(COc2ccccc2)C[C@H]2C(=O)c4ccccc4C(=O)[C@H]23)c2ccccc2)cc(C)c1O. The van der Waals surface area contributed by atoms with Crippen LogP contribution in [0.1, 0.15) is 62.2 Å². The molecule has 4 aromatic rings. The van der Waals surface area contributed by atoms with Gasteiger partial charge < -0.3 is 19.5 Å². The lowest BCUT2D eigenvalue weighted by Gasteiger charge is -2.47. The van der Waals surface area contributed by atoms with Gasteiger partial charge in [-0.05, 0) is 109 Å². The van der Waals surface area contributed by atoms with Crippen molar-refractivity contribution in [2.75, 3.05) is 6.61 Å². The summed E-state index contributed by atoms with van der Waals surface area (Å²) in [7, 11) is -1.06. The number of allylic oxidation sites excluding steroid dienone is 1. The van der Waals surface area contributed by atoms with E-state index in [-0.39, 0.29) is 30.4 Å². The van der Waals surface area contributed by atoms with Crippen LogP contribution in [0.15, 0.2) is 108 Å². The highest BCUT2D eigenvalue weighted by Gasteiger charge is 2.53. The number of carbonyl (C=O) groups is 2. The Morgan fingerprint density at radius 3 is 2.19 bits per heavy atom. The van der Waals surface area contributed by atoms with Crippen molar-refractivity contribution in [3.63, 3.8) is 0 Å². The Morgan fingerprint density at radius 2 is 1.50 bits per heavy atom. The van der Waals surface area contributed by atoms with Gasteiger partial charge in [-0.3, -0.25) is 9.59 Å². The van der Waals surface area contributed by atoms with Gasteiger partial charge in [0.2, 0.25) is 0 Å². The Labute approximate surface area is 281 Å². The summed E-state index contributed by atoms with van der Waals surface area (Å²) < 4.78 is 12.6. The minimum atomic E-state index is -1.06. The summed E-state index contributed by atoms with van der Waals surface area (Å²) in [5, 5.41) is 21.5. The first kappa shape index (κ1) is 31.9. The molecule has 2 N–H and O–H groups in total. The smallest absolute Gasteiger partial charge is 0.455 e. The lowest BCUT2D eigenvalue weighted by Crippen LogP contribution is -2.51. The number of ketones is 2. The van der Waals surface area contributed by atoms with Crippen molar-refractivity contribution in [2.45, 2.75) is 45.5 Å². The first-order valence-electron chi connectivity index (χ1n) is 16.8. The third-order valence-corrected chi connectivity index (χ3v) is 10.2. The Bertz CT molecular complexity index is 1890. The average molecular weight is 639 g/mol. The number of phenolic OH excluding ortho intramolecular Hbond substituents is 1. The third kappa shape index (κ3) is 6.16. The molecule has 0 saturated carbocycles. The third-order valence-electron chi connectivity index (χ3n) is 10.2. The molecule has 48 heavy (non-hydrogen) atoms. The molecule has 4 atom stereocenters. The molecule has 0 spiro atoms. The molecule has 1 heterocycles. The molecule has 4 aromatic carbocycles. The van der Waals surface area contributed by atoms with Crippen molar-refractivity contribution in [3.8, 4) is 11.5 Å². The van der Waals surface area contributed by atoms with E-state index >= 15 is 0 Å². The molecule has 242 valence electrons. The van der Waals surface area contributed by atoms with E-state index in [9.17, 15) is 19.7 Å². The van der Waals surface area contributed by atoms with Gasteiger partial charge in [-0.25, -0.2) is 0 Å².